The first kappa shape index (κ1) is 85.1. The molecule has 27 heteroatoms. The summed E-state index contributed by atoms with van der Waals surface area (Å²) in [6, 6.07) is -14.4. The second kappa shape index (κ2) is 40.6. The molecule has 0 aromatic heterocycles. The van der Waals surface area contributed by atoms with Crippen LogP contribution in [-0.2, 0) is 62.2 Å². The number of nitrogens with zero attached hydrogens (tertiary/aromatic N) is 7. The lowest BCUT2D eigenvalue weighted by Crippen LogP contribution is -2.64. The molecule has 0 spiro atoms. The zero-order valence-electron chi connectivity index (χ0n) is 61.6. The van der Waals surface area contributed by atoms with Crippen LogP contribution < -0.4 is 26.6 Å². The molecule has 11 amide bonds. The summed E-state index contributed by atoms with van der Waals surface area (Å²) >= 11 is 0. The van der Waals surface area contributed by atoms with Crippen LogP contribution in [0.25, 0.3) is 0 Å². The van der Waals surface area contributed by atoms with Gasteiger partial charge in [-0.05, 0) is 121 Å². The number of carbonyl (C=O) groups excluding carboxylic acids is 11. The van der Waals surface area contributed by atoms with Gasteiger partial charge in [0.15, 0.2) is 0 Å². The van der Waals surface area contributed by atoms with Gasteiger partial charge in [-0.2, -0.15) is 0 Å². The number of aliphatic hydroxyl groups excluding tert-OH is 2. The molecule has 2 fully saturated rings. The second-order valence-corrected chi connectivity index (χ2v) is 28.5. The minimum absolute atomic E-state index is 0.0287. The van der Waals surface area contributed by atoms with E-state index in [1.807, 2.05) is 41.5 Å². The molecule has 2 aliphatic heterocycles. The van der Waals surface area contributed by atoms with Crippen molar-refractivity contribution in [2.75, 3.05) is 88.3 Å². The molecule has 27 nitrogen and oxygen atoms in total. The predicted molar refractivity (Wildman–Crippen MR) is 362 cm³/mol. The maximum Gasteiger partial charge on any atom is 0.246 e. The molecular weight excluding hydrogens is 1220 g/mol. The predicted octanol–water partition coefficient (Wildman–Crippen LogP) is 1.98. The number of morpholine rings is 1. The first-order valence-electron chi connectivity index (χ1n) is 34.6. The van der Waals surface area contributed by atoms with Crippen molar-refractivity contribution < 1.29 is 72.4 Å². The monoisotopic (exact) mass is 1350 g/mol. The van der Waals surface area contributed by atoms with Gasteiger partial charge in [0.2, 0.25) is 65.0 Å². The molecule has 2 aliphatic rings. The van der Waals surface area contributed by atoms with Crippen molar-refractivity contribution in [3.63, 3.8) is 0 Å². The van der Waals surface area contributed by atoms with Crippen molar-refractivity contribution in [2.24, 2.45) is 35.5 Å². The molecule has 95 heavy (non-hydrogen) atoms. The molecule has 0 saturated carbocycles. The lowest BCUT2D eigenvalue weighted by Gasteiger charge is -2.40. The number of rotatable bonds is 22. The number of hydrogen-bond acceptors (Lipinski definition) is 16. The fourth-order valence-corrected chi connectivity index (χ4v) is 12.3. The van der Waals surface area contributed by atoms with Crippen LogP contribution in [0.5, 0.6) is 0 Å². The molecular formula is C68H124N12O15. The van der Waals surface area contributed by atoms with Crippen LogP contribution in [0.15, 0.2) is 0 Å². The maximum absolute atomic E-state index is 15.1. The highest BCUT2D eigenvalue weighted by atomic mass is 16.5. The largest absolute Gasteiger partial charge is 0.396 e. The number of unbranched alkanes of at least 4 members (excludes halogenated alkanes) is 2. The Hall–Kier alpha value is -6.03. The SMILES string of the molecule is CC[C@@H]1NC(=O)[C@H]([C@H](O)[C@H](C)CCCCO)NC(=O)[C@H](C(C)C)N(C)C(=O)[C@H](CC(C)C)N(C)C(=O)[C@H](CC(C)C)N(C)C(=O)[C@@H](C)NC(=O)[C@H](C)NC(=O)[C@H](CC(C)C)N(C)C(=O)[C@H](C(C)C)NC(=O)[C@H]([C@@H](C)OCCCCN2CCOCC2)N(C)C(=O)[C@@H](C)N(C)C1=O. The molecule has 546 valence electrons. The zero-order valence-corrected chi connectivity index (χ0v) is 61.6. The van der Waals surface area contributed by atoms with Gasteiger partial charge < -0.3 is 75.7 Å². The van der Waals surface area contributed by atoms with E-state index in [1.54, 1.807) is 48.5 Å². The highest BCUT2D eigenvalue weighted by Gasteiger charge is 2.45. The first-order chi connectivity index (χ1) is 44.3. The van der Waals surface area contributed by atoms with Crippen molar-refractivity contribution in [1.29, 1.82) is 0 Å². The minimum Gasteiger partial charge on any atom is -0.396 e. The van der Waals surface area contributed by atoms with Crippen LogP contribution in [0.1, 0.15) is 169 Å². The summed E-state index contributed by atoms with van der Waals surface area (Å²) in [6.07, 6.45) is 0.345. The average Bonchev–Trinajstić information content (AvgIpc) is 0.826. The van der Waals surface area contributed by atoms with E-state index in [4.69, 9.17) is 9.47 Å². The van der Waals surface area contributed by atoms with Crippen LogP contribution in [0.3, 0.4) is 0 Å². The fraction of sp³-hybridized carbons (Fsp3) is 0.838. The van der Waals surface area contributed by atoms with Gasteiger partial charge in [-0.15, -0.1) is 0 Å². The summed E-state index contributed by atoms with van der Waals surface area (Å²) in [5, 5.41) is 35.4. The Kier molecular flexibility index (Phi) is 36.4. The Bertz CT molecular complexity index is 2510. The van der Waals surface area contributed by atoms with Crippen LogP contribution in [-0.4, -0.2) is 277 Å². The molecule has 14 atom stereocenters. The van der Waals surface area contributed by atoms with Gasteiger partial charge in [0.1, 0.15) is 66.5 Å². The Morgan fingerprint density at radius 3 is 1.48 bits per heavy atom. The molecule has 0 radical (unpaired) electrons. The highest BCUT2D eigenvalue weighted by molar-refractivity contribution is 6.00. The third-order valence-corrected chi connectivity index (χ3v) is 18.5. The molecule has 2 rings (SSSR count). The van der Waals surface area contributed by atoms with E-state index in [-0.39, 0.29) is 56.7 Å². The van der Waals surface area contributed by atoms with Gasteiger partial charge in [-0.25, -0.2) is 0 Å². The van der Waals surface area contributed by atoms with E-state index >= 15 is 9.59 Å². The molecule has 0 aromatic carbocycles. The summed E-state index contributed by atoms with van der Waals surface area (Å²) in [6.45, 7) is 31.0. The van der Waals surface area contributed by atoms with Crippen LogP contribution in [0, 0.1) is 35.5 Å². The quantitative estimate of drug-likeness (QED) is 0.0762. The summed E-state index contributed by atoms with van der Waals surface area (Å²) in [4.78, 5) is 172. The van der Waals surface area contributed by atoms with E-state index in [0.29, 0.717) is 38.9 Å². The van der Waals surface area contributed by atoms with E-state index in [9.17, 15) is 53.4 Å². The molecule has 0 aliphatic carbocycles. The van der Waals surface area contributed by atoms with Gasteiger partial charge in [0.05, 0.1) is 25.4 Å². The molecule has 0 unspecified atom stereocenters. The topological polar surface area (TPSA) is 330 Å². The number of amides is 11. The molecule has 2 saturated heterocycles. The van der Waals surface area contributed by atoms with Crippen molar-refractivity contribution in [3.8, 4) is 0 Å². The van der Waals surface area contributed by atoms with Gasteiger partial charge >= 0.3 is 0 Å². The Morgan fingerprint density at radius 1 is 0.484 bits per heavy atom. The van der Waals surface area contributed by atoms with Gasteiger partial charge in [0, 0.05) is 68.6 Å². The van der Waals surface area contributed by atoms with Crippen LogP contribution in [0.2, 0.25) is 0 Å². The summed E-state index contributed by atoms with van der Waals surface area (Å²) in [5.41, 5.74) is 0. The Morgan fingerprint density at radius 2 is 0.968 bits per heavy atom. The fourth-order valence-electron chi connectivity index (χ4n) is 12.3. The van der Waals surface area contributed by atoms with Gasteiger partial charge in [0.25, 0.3) is 0 Å². The van der Waals surface area contributed by atoms with Crippen molar-refractivity contribution in [1.82, 2.24) is 60.9 Å². The normalized spacial score (nSPS) is 27.4. The lowest BCUT2D eigenvalue weighted by atomic mass is 9.91. The van der Waals surface area contributed by atoms with E-state index in [2.05, 4.69) is 31.5 Å². The molecule has 7 N–H and O–H groups in total. The second-order valence-electron chi connectivity index (χ2n) is 28.5. The summed E-state index contributed by atoms with van der Waals surface area (Å²) < 4.78 is 11.8. The number of likely N-dealkylation sites (N-methyl/N-ethyl adjacent to an activating group) is 6. The molecule has 2 heterocycles. The number of carbonyl (C=O) groups is 11. The highest BCUT2D eigenvalue weighted by Crippen LogP contribution is 2.25. The number of hydrogen-bond donors (Lipinski definition) is 7. The smallest absolute Gasteiger partial charge is 0.246 e. The van der Waals surface area contributed by atoms with Gasteiger partial charge in [-0.1, -0.05) is 89.5 Å². The Labute approximate surface area is 567 Å². The first-order valence-corrected chi connectivity index (χ1v) is 34.6. The summed E-state index contributed by atoms with van der Waals surface area (Å²) in [5.74, 6) is -10.4. The average molecular weight is 1350 g/mol. The standard InChI is InChI=1S/C68H124N12O15/c1-23-49-65(90)74(17)47(15)64(89)79(22)56(48(16)95-33-27-25-29-80-30-34-94-35-31-80)62(87)72-53(42(8)9)68(93)75(18)50(36-39(2)3)59(84)69-45(13)58(83)70-46(14)63(88)76(19)51(37-40(4)5)66(91)77(20)52(38-41(6)7)67(92)78(21)55(43(10)11)61(86)73-54(60(85)71-49)57(82)44(12)28-24-26-32-81/h39-57,81-82H,23-38H2,1-22H3,(H,69,84)(H,70,83)(H,71,85)(H,72,87)(H,73,86)/t44-,45+,46-,47-,48-,49+,50+,51+,52+,53+,54+,55+,56+,57-/m1/s1. The van der Waals surface area contributed by atoms with E-state index in [0.717, 1.165) is 35.9 Å². The maximum atomic E-state index is 15.1. The zero-order chi connectivity index (χ0) is 72.6. The van der Waals surface area contributed by atoms with Crippen molar-refractivity contribution in [3.05, 3.63) is 0 Å². The molecule has 0 bridgehead atoms. The van der Waals surface area contributed by atoms with Crippen LogP contribution in [0.4, 0.5) is 0 Å². The third kappa shape index (κ3) is 25.1. The summed E-state index contributed by atoms with van der Waals surface area (Å²) in [7, 11) is 8.47. The number of nitrogens with one attached hydrogen (secondary N) is 5. The third-order valence-electron chi connectivity index (χ3n) is 18.5. The van der Waals surface area contributed by atoms with Crippen molar-refractivity contribution >= 4 is 65.0 Å². The van der Waals surface area contributed by atoms with E-state index < -0.39 is 161 Å². The van der Waals surface area contributed by atoms with Crippen LogP contribution >= 0.6 is 0 Å². The number of aliphatic hydroxyl groups is 2. The Balaban J connectivity index is 2.97. The van der Waals surface area contributed by atoms with E-state index in [1.165, 1.54) is 82.7 Å². The van der Waals surface area contributed by atoms with Gasteiger partial charge in [-0.3, -0.25) is 57.6 Å². The minimum atomic E-state index is -1.72. The van der Waals surface area contributed by atoms with Crippen molar-refractivity contribution in [2.45, 2.75) is 247 Å². The molecule has 0 aromatic rings. The number of ether oxygens (including phenoxy) is 2. The lowest BCUT2D eigenvalue weighted by molar-refractivity contribution is -0.154.